The van der Waals surface area contributed by atoms with Crippen LogP contribution in [0.5, 0.6) is 5.75 Å². The van der Waals surface area contributed by atoms with Gasteiger partial charge < -0.3 is 15.0 Å². The lowest BCUT2D eigenvalue weighted by Gasteiger charge is -2.22. The number of hydrogen-bond acceptors (Lipinski definition) is 4. The molecule has 128 valence electrons. The molecule has 2 rings (SSSR count). The van der Waals surface area contributed by atoms with Crippen molar-refractivity contribution < 1.29 is 14.3 Å². The number of nitrogens with one attached hydrogen (secondary N) is 1. The van der Waals surface area contributed by atoms with Crippen molar-refractivity contribution >= 4 is 17.5 Å². The van der Waals surface area contributed by atoms with Crippen molar-refractivity contribution in [3.63, 3.8) is 0 Å². The normalized spacial score (nSPS) is 9.80. The number of carbonyl (C=O) groups is 2. The van der Waals surface area contributed by atoms with Crippen molar-refractivity contribution in [1.82, 2.24) is 5.32 Å². The van der Waals surface area contributed by atoms with Gasteiger partial charge in [-0.3, -0.25) is 9.59 Å². The van der Waals surface area contributed by atoms with Crippen LogP contribution in [0.3, 0.4) is 0 Å². The van der Waals surface area contributed by atoms with Gasteiger partial charge in [-0.1, -0.05) is 24.3 Å². The molecule has 2 aromatic rings. The van der Waals surface area contributed by atoms with Crippen molar-refractivity contribution in [2.45, 2.75) is 6.92 Å². The molecule has 1 N–H and O–H groups in total. The number of amides is 2. The fourth-order valence-corrected chi connectivity index (χ4v) is 2.46. The Kier molecular flexibility index (Phi) is 6.13. The predicted octanol–water partition coefficient (Wildman–Crippen LogP) is 2.35. The van der Waals surface area contributed by atoms with E-state index in [0.29, 0.717) is 22.6 Å². The first-order valence-electron chi connectivity index (χ1n) is 7.77. The maximum Gasteiger partial charge on any atom is 0.255 e. The number of nitrogens with zero attached hydrogens (tertiary/aromatic N) is 2. The van der Waals surface area contributed by atoms with E-state index in [4.69, 9.17) is 4.74 Å². The molecule has 0 aliphatic rings. The summed E-state index contributed by atoms with van der Waals surface area (Å²) < 4.78 is 5.17. The lowest BCUT2D eigenvalue weighted by atomic mass is 10.1. The van der Waals surface area contributed by atoms with Gasteiger partial charge in [0.25, 0.3) is 5.91 Å². The molecule has 2 aromatic carbocycles. The number of ether oxygens (including phenoxy) is 1. The second-order valence-corrected chi connectivity index (χ2v) is 5.26. The standard InChI is InChI=1S/C19H19N3O3/c1-14(23)22(17-9-5-3-7-15(17)13-20)12-11-21-19(24)16-8-4-6-10-18(16)25-2/h3-10H,11-12H2,1-2H3,(H,21,24). The number of para-hydroxylation sites is 2. The molecule has 0 bridgehead atoms. The molecule has 0 spiro atoms. The third-order valence-electron chi connectivity index (χ3n) is 3.67. The summed E-state index contributed by atoms with van der Waals surface area (Å²) in [5.74, 6) is 0.00186. The Balaban J connectivity index is 2.06. The molecule has 0 saturated carbocycles. The van der Waals surface area contributed by atoms with Crippen LogP contribution in [0, 0.1) is 11.3 Å². The van der Waals surface area contributed by atoms with Gasteiger partial charge in [-0.2, -0.15) is 5.26 Å². The molecule has 0 atom stereocenters. The maximum atomic E-state index is 12.3. The fraction of sp³-hybridized carbons (Fsp3) is 0.211. The summed E-state index contributed by atoms with van der Waals surface area (Å²) in [7, 11) is 1.50. The summed E-state index contributed by atoms with van der Waals surface area (Å²) >= 11 is 0. The molecule has 0 aromatic heterocycles. The van der Waals surface area contributed by atoms with Gasteiger partial charge in [0.05, 0.1) is 23.9 Å². The molecule has 0 saturated heterocycles. The number of rotatable bonds is 6. The van der Waals surface area contributed by atoms with Gasteiger partial charge in [0.1, 0.15) is 11.8 Å². The van der Waals surface area contributed by atoms with Crippen LogP contribution in [0.15, 0.2) is 48.5 Å². The highest BCUT2D eigenvalue weighted by Crippen LogP contribution is 2.20. The first kappa shape index (κ1) is 18.0. The zero-order valence-corrected chi connectivity index (χ0v) is 14.2. The summed E-state index contributed by atoms with van der Waals surface area (Å²) in [6, 6.07) is 15.9. The smallest absolute Gasteiger partial charge is 0.255 e. The Bertz CT molecular complexity index is 812. The monoisotopic (exact) mass is 337 g/mol. The molecular formula is C19H19N3O3. The van der Waals surface area contributed by atoms with Crippen molar-refractivity contribution in [2.75, 3.05) is 25.1 Å². The van der Waals surface area contributed by atoms with E-state index in [1.807, 2.05) is 0 Å². The first-order chi connectivity index (χ1) is 12.1. The average Bonchev–Trinajstić information content (AvgIpc) is 2.64. The van der Waals surface area contributed by atoms with Gasteiger partial charge in [-0.25, -0.2) is 0 Å². The van der Waals surface area contributed by atoms with E-state index in [1.54, 1.807) is 48.5 Å². The quantitative estimate of drug-likeness (QED) is 0.877. The molecule has 0 aliphatic carbocycles. The number of nitriles is 1. The lowest BCUT2D eigenvalue weighted by molar-refractivity contribution is -0.116. The molecule has 0 unspecified atom stereocenters. The molecule has 0 aliphatic heterocycles. The fourth-order valence-electron chi connectivity index (χ4n) is 2.46. The van der Waals surface area contributed by atoms with Crippen LogP contribution < -0.4 is 15.0 Å². The molecule has 0 heterocycles. The zero-order valence-electron chi connectivity index (χ0n) is 14.2. The minimum Gasteiger partial charge on any atom is -0.496 e. The summed E-state index contributed by atoms with van der Waals surface area (Å²) in [5, 5.41) is 12.0. The third-order valence-corrected chi connectivity index (χ3v) is 3.67. The van der Waals surface area contributed by atoms with E-state index in [-0.39, 0.29) is 24.9 Å². The molecule has 0 fully saturated rings. The van der Waals surface area contributed by atoms with Crippen LogP contribution in [0.25, 0.3) is 0 Å². The number of anilines is 1. The minimum atomic E-state index is -0.283. The van der Waals surface area contributed by atoms with Crippen LogP contribution in [0.4, 0.5) is 5.69 Å². The predicted molar refractivity (Wildman–Crippen MR) is 94.5 cm³/mol. The Morgan fingerprint density at radius 2 is 1.84 bits per heavy atom. The topological polar surface area (TPSA) is 82.4 Å². The number of benzene rings is 2. The van der Waals surface area contributed by atoms with Gasteiger partial charge >= 0.3 is 0 Å². The SMILES string of the molecule is COc1ccccc1C(=O)NCCN(C(C)=O)c1ccccc1C#N. The molecule has 6 heteroatoms. The molecule has 25 heavy (non-hydrogen) atoms. The highest BCUT2D eigenvalue weighted by Gasteiger charge is 2.16. The van der Waals surface area contributed by atoms with E-state index < -0.39 is 0 Å². The number of methoxy groups -OCH3 is 1. The van der Waals surface area contributed by atoms with Gasteiger partial charge in [0.15, 0.2) is 0 Å². The highest BCUT2D eigenvalue weighted by atomic mass is 16.5. The van der Waals surface area contributed by atoms with E-state index in [2.05, 4.69) is 11.4 Å². The largest absolute Gasteiger partial charge is 0.496 e. The molecule has 6 nitrogen and oxygen atoms in total. The Labute approximate surface area is 146 Å². The molecule has 2 amide bonds. The summed E-state index contributed by atoms with van der Waals surface area (Å²) in [4.78, 5) is 25.7. The zero-order chi connectivity index (χ0) is 18.2. The van der Waals surface area contributed by atoms with Gasteiger partial charge in [0, 0.05) is 20.0 Å². The Morgan fingerprint density at radius 1 is 1.16 bits per heavy atom. The van der Waals surface area contributed by atoms with Crippen molar-refractivity contribution in [2.24, 2.45) is 0 Å². The second-order valence-electron chi connectivity index (χ2n) is 5.26. The van der Waals surface area contributed by atoms with Crippen LogP contribution in [-0.2, 0) is 4.79 Å². The molecule has 0 radical (unpaired) electrons. The third kappa shape index (κ3) is 4.36. The van der Waals surface area contributed by atoms with E-state index >= 15 is 0 Å². The second kappa shape index (κ2) is 8.50. The summed E-state index contributed by atoms with van der Waals surface area (Å²) in [6.45, 7) is 1.93. The van der Waals surface area contributed by atoms with Gasteiger partial charge in [-0.05, 0) is 24.3 Å². The van der Waals surface area contributed by atoms with Crippen molar-refractivity contribution in [3.8, 4) is 11.8 Å². The van der Waals surface area contributed by atoms with E-state index in [0.717, 1.165) is 0 Å². The van der Waals surface area contributed by atoms with Crippen LogP contribution in [0.2, 0.25) is 0 Å². The number of carbonyl (C=O) groups excluding carboxylic acids is 2. The van der Waals surface area contributed by atoms with Crippen LogP contribution >= 0.6 is 0 Å². The molecular weight excluding hydrogens is 318 g/mol. The maximum absolute atomic E-state index is 12.3. The highest BCUT2D eigenvalue weighted by molar-refractivity contribution is 5.97. The van der Waals surface area contributed by atoms with E-state index in [9.17, 15) is 14.9 Å². The summed E-state index contributed by atoms with van der Waals surface area (Å²) in [5.41, 5.74) is 1.37. The lowest BCUT2D eigenvalue weighted by Crippen LogP contribution is -2.38. The van der Waals surface area contributed by atoms with Gasteiger partial charge in [-0.15, -0.1) is 0 Å². The Hall–Kier alpha value is -3.33. The van der Waals surface area contributed by atoms with E-state index in [1.165, 1.54) is 18.9 Å². The first-order valence-corrected chi connectivity index (χ1v) is 7.77. The summed E-state index contributed by atoms with van der Waals surface area (Å²) in [6.07, 6.45) is 0. The van der Waals surface area contributed by atoms with Crippen molar-refractivity contribution in [3.05, 3.63) is 59.7 Å². The minimum absolute atomic E-state index is 0.200. The van der Waals surface area contributed by atoms with Crippen LogP contribution in [0.1, 0.15) is 22.8 Å². The number of hydrogen-bond donors (Lipinski definition) is 1. The van der Waals surface area contributed by atoms with Crippen LogP contribution in [-0.4, -0.2) is 32.0 Å². The average molecular weight is 337 g/mol. The Morgan fingerprint density at radius 3 is 2.52 bits per heavy atom. The van der Waals surface area contributed by atoms with Crippen molar-refractivity contribution in [1.29, 1.82) is 5.26 Å². The van der Waals surface area contributed by atoms with Gasteiger partial charge in [0.2, 0.25) is 5.91 Å².